The van der Waals surface area contributed by atoms with Crippen LogP contribution >= 0.6 is 15.1 Å². The molecule has 33 heavy (non-hydrogen) atoms. The van der Waals surface area contributed by atoms with Crippen LogP contribution in [0.3, 0.4) is 0 Å². The minimum atomic E-state index is -10.7. The molecule has 1 unspecified atom stereocenters. The first-order valence-electron chi connectivity index (χ1n) is 10.7. The molecule has 0 nitrogen and oxygen atoms in total. The van der Waals surface area contributed by atoms with Gasteiger partial charge in [-0.1, -0.05) is 55.5 Å². The number of rotatable bonds is 2. The fourth-order valence-corrected chi connectivity index (χ4v) is 9.11. The maximum atomic E-state index is 9.87. The molecule has 0 amide bonds. The quantitative estimate of drug-likeness (QED) is 0.241. The number of benzene rings is 3. The molecule has 0 saturated heterocycles. The van der Waals surface area contributed by atoms with Crippen molar-refractivity contribution in [3.8, 4) is 0 Å². The fraction of sp³-hybridized carbons (Fsp3) is 0.280. The molecule has 1 aliphatic rings. The van der Waals surface area contributed by atoms with E-state index in [-0.39, 0.29) is 0 Å². The van der Waals surface area contributed by atoms with Gasteiger partial charge in [-0.3, -0.25) is 0 Å². The van der Waals surface area contributed by atoms with Gasteiger partial charge in [-0.2, -0.15) is 0 Å². The first-order valence-corrected chi connectivity index (χ1v) is 14.9. The number of fused-ring (bicyclic) bond motifs is 1. The van der Waals surface area contributed by atoms with Crippen LogP contribution in [0.15, 0.2) is 72.8 Å². The van der Waals surface area contributed by atoms with E-state index in [2.05, 4.69) is 93.6 Å². The molecule has 0 bridgehead atoms. The maximum absolute atomic E-state index is 10.7. The molecule has 0 aliphatic carbocycles. The van der Waals surface area contributed by atoms with Crippen molar-refractivity contribution in [2.45, 2.75) is 39.3 Å². The summed E-state index contributed by atoms with van der Waals surface area (Å²) in [4.78, 5) is 0. The molecule has 0 N–H and O–H groups in total. The monoisotopic (exact) mass is 504 g/mol. The van der Waals surface area contributed by atoms with Crippen LogP contribution in [0.1, 0.15) is 41.5 Å². The predicted octanol–water partition coefficient (Wildman–Crippen LogP) is 9.36. The zero-order chi connectivity index (χ0) is 24.6. The van der Waals surface area contributed by atoms with Gasteiger partial charge in [0.2, 0.25) is 0 Å². The van der Waals surface area contributed by atoms with Gasteiger partial charge < -0.3 is 0 Å². The van der Waals surface area contributed by atoms with E-state index in [1.54, 1.807) is 21.7 Å². The van der Waals surface area contributed by atoms with Gasteiger partial charge in [0.25, 0.3) is 0 Å². The van der Waals surface area contributed by atoms with E-state index < -0.39 is 15.1 Å². The molecule has 0 fully saturated rings. The SMILES string of the molecule is Cc1ccc2c(c1C)C[P+](c1ccccc1)(c1ccccc1)CCC2C.F[P-](F)(F)(F)(F)F. The second-order valence-corrected chi connectivity index (χ2v) is 14.4. The Balaban J connectivity index is 0.000000383. The zero-order valence-electron chi connectivity index (χ0n) is 18.8. The van der Waals surface area contributed by atoms with Crippen LogP contribution in [0.25, 0.3) is 0 Å². The summed E-state index contributed by atoms with van der Waals surface area (Å²) < 4.78 is 59.2. The van der Waals surface area contributed by atoms with Crippen molar-refractivity contribution in [1.82, 2.24) is 0 Å². The molecule has 8 heteroatoms. The van der Waals surface area contributed by atoms with Gasteiger partial charge >= 0.3 is 33.0 Å². The van der Waals surface area contributed by atoms with E-state index in [0.29, 0.717) is 5.92 Å². The predicted molar refractivity (Wildman–Crippen MR) is 130 cm³/mol. The first-order chi connectivity index (χ1) is 15.1. The summed E-state index contributed by atoms with van der Waals surface area (Å²) in [5.74, 6) is 0.638. The third-order valence-electron chi connectivity index (χ3n) is 6.31. The van der Waals surface area contributed by atoms with E-state index in [4.69, 9.17) is 0 Å². The number of aryl methyl sites for hydroxylation is 1. The summed E-state index contributed by atoms with van der Waals surface area (Å²) in [6, 6.07) is 27.4. The van der Waals surface area contributed by atoms with Crippen molar-refractivity contribution >= 4 is 25.7 Å². The van der Waals surface area contributed by atoms with Gasteiger partial charge in [0.1, 0.15) is 0 Å². The summed E-state index contributed by atoms with van der Waals surface area (Å²) in [7, 11) is -12.1. The number of hydrogen-bond donors (Lipinski definition) is 0. The van der Waals surface area contributed by atoms with E-state index >= 15 is 0 Å². The third kappa shape index (κ3) is 7.04. The molecule has 180 valence electrons. The zero-order valence-corrected chi connectivity index (χ0v) is 20.6. The van der Waals surface area contributed by atoms with Crippen LogP contribution in [-0.2, 0) is 6.16 Å². The van der Waals surface area contributed by atoms with Crippen molar-refractivity contribution in [2.24, 2.45) is 0 Å². The van der Waals surface area contributed by atoms with Crippen molar-refractivity contribution in [1.29, 1.82) is 0 Å². The molecule has 1 heterocycles. The van der Waals surface area contributed by atoms with Crippen LogP contribution in [0.4, 0.5) is 25.2 Å². The van der Waals surface area contributed by atoms with Gasteiger partial charge in [-0.25, -0.2) is 0 Å². The van der Waals surface area contributed by atoms with Crippen LogP contribution in [0, 0.1) is 13.8 Å². The normalized spacial score (nSPS) is 19.7. The van der Waals surface area contributed by atoms with Gasteiger partial charge in [0.05, 0.1) is 30.2 Å². The van der Waals surface area contributed by atoms with E-state index in [0.717, 1.165) is 0 Å². The van der Waals surface area contributed by atoms with Crippen molar-refractivity contribution in [3.63, 3.8) is 0 Å². The Morgan fingerprint density at radius 2 is 1.18 bits per heavy atom. The Bertz CT molecular complexity index is 1060. The topological polar surface area (TPSA) is 0 Å². The molecule has 1 aliphatic heterocycles. The second-order valence-electron chi connectivity index (χ2n) is 8.74. The molecular weight excluding hydrogens is 476 g/mol. The standard InChI is InChI=1S/C25H28P.F6P/c1-19-14-15-24-20(2)16-17-26(18-25(24)21(19)3,22-10-6-4-7-11-22)23-12-8-5-9-13-23;1-7(2,3,4,5)6/h4-15,20H,16-18H2,1-3H3;/q+1;-1. The van der Waals surface area contributed by atoms with Crippen molar-refractivity contribution in [2.75, 3.05) is 6.16 Å². The molecule has 0 spiro atoms. The van der Waals surface area contributed by atoms with Crippen LogP contribution in [0.5, 0.6) is 0 Å². The molecule has 0 radical (unpaired) electrons. The van der Waals surface area contributed by atoms with Crippen LogP contribution in [-0.4, -0.2) is 6.16 Å². The third-order valence-corrected chi connectivity index (χ3v) is 10.8. The average molecular weight is 504 g/mol. The molecule has 1 atom stereocenters. The van der Waals surface area contributed by atoms with E-state index in [1.807, 2.05) is 0 Å². The molecule has 4 rings (SSSR count). The Morgan fingerprint density at radius 3 is 1.64 bits per heavy atom. The molecule has 0 aromatic heterocycles. The van der Waals surface area contributed by atoms with Gasteiger partial charge in [0, 0.05) is 0 Å². The summed E-state index contributed by atoms with van der Waals surface area (Å²) in [6.07, 6.45) is 3.77. The molecule has 0 saturated carbocycles. The first kappa shape index (κ1) is 25.7. The Morgan fingerprint density at radius 1 is 0.727 bits per heavy atom. The Kier molecular flexibility index (Phi) is 6.54. The van der Waals surface area contributed by atoms with Gasteiger partial charge in [-0.15, -0.1) is 0 Å². The summed E-state index contributed by atoms with van der Waals surface area (Å²) >= 11 is 0. The Labute approximate surface area is 191 Å². The second kappa shape index (κ2) is 8.40. The molecular formula is C25H28F6P2. The average Bonchev–Trinajstić information content (AvgIpc) is 2.88. The number of halogens is 6. The molecule has 3 aromatic carbocycles. The summed E-state index contributed by atoms with van der Waals surface area (Å²) in [6.45, 7) is 7.01. The van der Waals surface area contributed by atoms with Crippen molar-refractivity contribution in [3.05, 3.63) is 95.1 Å². The van der Waals surface area contributed by atoms with Crippen molar-refractivity contribution < 1.29 is 25.2 Å². The Hall–Kier alpha value is -1.90. The minimum absolute atomic E-state index is 0.638. The van der Waals surface area contributed by atoms with Crippen LogP contribution in [0.2, 0.25) is 0 Å². The number of hydrogen-bond acceptors (Lipinski definition) is 0. The van der Waals surface area contributed by atoms with Gasteiger partial charge in [-0.05, 0) is 72.7 Å². The summed E-state index contributed by atoms with van der Waals surface area (Å²) in [5, 5.41) is 3.12. The fourth-order valence-electron chi connectivity index (χ4n) is 4.50. The molecule has 3 aromatic rings. The van der Waals surface area contributed by atoms with E-state index in [9.17, 15) is 25.2 Å². The van der Waals surface area contributed by atoms with Crippen LogP contribution < -0.4 is 10.6 Å². The van der Waals surface area contributed by atoms with E-state index in [1.165, 1.54) is 29.9 Å². The summed E-state index contributed by atoms with van der Waals surface area (Å²) in [5.41, 5.74) is 6.14. The van der Waals surface area contributed by atoms with Gasteiger partial charge in [0.15, 0.2) is 0 Å².